The second-order valence-corrected chi connectivity index (χ2v) is 6.53. The highest BCUT2D eigenvalue weighted by atomic mass is 16.2. The van der Waals surface area contributed by atoms with Gasteiger partial charge in [-0.15, -0.1) is 0 Å². The fourth-order valence-corrected chi connectivity index (χ4v) is 4.26. The maximum Gasteiger partial charge on any atom is 0.224 e. The van der Waals surface area contributed by atoms with E-state index in [0.717, 1.165) is 18.8 Å². The third-order valence-electron chi connectivity index (χ3n) is 5.39. The van der Waals surface area contributed by atoms with E-state index in [1.54, 1.807) is 0 Å². The maximum atomic E-state index is 12.2. The Morgan fingerprint density at radius 2 is 2.00 bits per heavy atom. The van der Waals surface area contributed by atoms with Crippen molar-refractivity contribution in [3.05, 3.63) is 12.2 Å². The number of carbonyl (C=O) groups is 1. The molecular formula is C15H23NO. The minimum atomic E-state index is 0.162. The van der Waals surface area contributed by atoms with Crippen molar-refractivity contribution in [1.82, 2.24) is 5.32 Å². The third kappa shape index (κ3) is 1.73. The summed E-state index contributed by atoms with van der Waals surface area (Å²) in [5, 5.41) is 3.37. The Bertz CT molecular complexity index is 352. The topological polar surface area (TPSA) is 29.1 Å². The lowest BCUT2D eigenvalue weighted by molar-refractivity contribution is -0.123. The molecule has 2 nitrogen and oxygen atoms in total. The molecule has 2 heteroatoms. The lowest BCUT2D eigenvalue weighted by Gasteiger charge is -2.43. The molecule has 1 N–H and O–H groups in total. The molecule has 1 aliphatic heterocycles. The molecule has 0 aromatic rings. The second-order valence-electron chi connectivity index (χ2n) is 6.53. The van der Waals surface area contributed by atoms with Crippen molar-refractivity contribution in [3.63, 3.8) is 0 Å². The molecular weight excluding hydrogens is 210 g/mol. The van der Waals surface area contributed by atoms with Gasteiger partial charge in [0.25, 0.3) is 0 Å². The Morgan fingerprint density at radius 1 is 1.29 bits per heavy atom. The largest absolute Gasteiger partial charge is 0.350 e. The van der Waals surface area contributed by atoms with E-state index in [2.05, 4.69) is 18.8 Å². The van der Waals surface area contributed by atoms with Crippen molar-refractivity contribution in [2.45, 2.75) is 57.4 Å². The lowest BCUT2D eigenvalue weighted by Crippen LogP contribution is -2.48. The van der Waals surface area contributed by atoms with Crippen LogP contribution in [0.2, 0.25) is 0 Å². The van der Waals surface area contributed by atoms with Gasteiger partial charge in [0.1, 0.15) is 0 Å². The number of carbonyl (C=O) groups excluding carboxylic acids is 1. The number of amides is 1. The number of fused-ring (bicyclic) bond motifs is 2. The molecule has 94 valence electrons. The molecule has 0 aromatic carbocycles. The highest BCUT2D eigenvalue weighted by molar-refractivity contribution is 5.83. The van der Waals surface area contributed by atoms with Crippen molar-refractivity contribution in [3.8, 4) is 0 Å². The molecule has 2 aliphatic carbocycles. The summed E-state index contributed by atoms with van der Waals surface area (Å²) in [5.41, 5.74) is 1.44. The summed E-state index contributed by atoms with van der Waals surface area (Å²) < 4.78 is 0. The van der Waals surface area contributed by atoms with E-state index >= 15 is 0 Å². The van der Waals surface area contributed by atoms with Gasteiger partial charge in [0, 0.05) is 11.5 Å². The molecule has 2 saturated carbocycles. The molecule has 1 saturated heterocycles. The molecule has 2 unspecified atom stereocenters. The second kappa shape index (κ2) is 3.86. The van der Waals surface area contributed by atoms with E-state index in [0.29, 0.717) is 11.8 Å². The van der Waals surface area contributed by atoms with Crippen LogP contribution in [0.3, 0.4) is 0 Å². The SMILES string of the molecule is C=C1CCC2C(C1)C(=O)NC21CCC(C)CC1. The number of hydrogen-bond acceptors (Lipinski definition) is 1. The van der Waals surface area contributed by atoms with Crippen molar-refractivity contribution in [2.24, 2.45) is 17.8 Å². The summed E-state index contributed by atoms with van der Waals surface area (Å²) >= 11 is 0. The first-order valence-corrected chi connectivity index (χ1v) is 7.09. The molecule has 3 rings (SSSR count). The van der Waals surface area contributed by atoms with Crippen LogP contribution in [0, 0.1) is 17.8 Å². The van der Waals surface area contributed by atoms with E-state index in [4.69, 9.17) is 0 Å². The zero-order valence-corrected chi connectivity index (χ0v) is 10.8. The Hall–Kier alpha value is -0.790. The van der Waals surface area contributed by atoms with E-state index in [1.165, 1.54) is 37.7 Å². The number of nitrogens with one attached hydrogen (secondary N) is 1. The molecule has 1 amide bonds. The van der Waals surface area contributed by atoms with Crippen LogP contribution >= 0.6 is 0 Å². The third-order valence-corrected chi connectivity index (χ3v) is 5.39. The van der Waals surface area contributed by atoms with Crippen molar-refractivity contribution < 1.29 is 4.79 Å². The Labute approximate surface area is 104 Å². The van der Waals surface area contributed by atoms with E-state index in [-0.39, 0.29) is 11.5 Å². The zero-order chi connectivity index (χ0) is 12.0. The van der Waals surface area contributed by atoms with Crippen LogP contribution in [-0.2, 0) is 4.79 Å². The molecule has 3 fully saturated rings. The molecule has 1 spiro atoms. The monoisotopic (exact) mass is 233 g/mol. The van der Waals surface area contributed by atoms with Crippen molar-refractivity contribution in [2.75, 3.05) is 0 Å². The van der Waals surface area contributed by atoms with Crippen molar-refractivity contribution in [1.29, 1.82) is 0 Å². The van der Waals surface area contributed by atoms with Crippen LogP contribution < -0.4 is 5.32 Å². The minimum absolute atomic E-state index is 0.162. The Kier molecular flexibility index (Phi) is 2.57. The van der Waals surface area contributed by atoms with Gasteiger partial charge >= 0.3 is 0 Å². The molecule has 1 heterocycles. The van der Waals surface area contributed by atoms with Gasteiger partial charge in [0.05, 0.1) is 0 Å². The average Bonchev–Trinajstić information content (AvgIpc) is 2.57. The summed E-state index contributed by atoms with van der Waals surface area (Å²) in [5.74, 6) is 1.98. The smallest absolute Gasteiger partial charge is 0.224 e. The van der Waals surface area contributed by atoms with Crippen LogP contribution in [0.1, 0.15) is 51.9 Å². The van der Waals surface area contributed by atoms with Crippen molar-refractivity contribution >= 4 is 5.91 Å². The maximum absolute atomic E-state index is 12.2. The predicted octanol–water partition coefficient (Wildman–Crippen LogP) is 3.04. The summed E-state index contributed by atoms with van der Waals surface area (Å²) in [4.78, 5) is 12.2. The van der Waals surface area contributed by atoms with Gasteiger partial charge in [-0.1, -0.05) is 19.1 Å². The van der Waals surface area contributed by atoms with Gasteiger partial charge in [-0.25, -0.2) is 0 Å². The first-order chi connectivity index (χ1) is 8.11. The molecule has 0 aromatic heterocycles. The quantitative estimate of drug-likeness (QED) is 0.640. The molecule has 2 atom stereocenters. The molecule has 0 radical (unpaired) electrons. The number of hydrogen-bond donors (Lipinski definition) is 1. The molecule has 3 aliphatic rings. The molecule has 17 heavy (non-hydrogen) atoms. The van der Waals surface area contributed by atoms with Gasteiger partial charge in [-0.2, -0.15) is 0 Å². The highest BCUT2D eigenvalue weighted by Gasteiger charge is 2.54. The summed E-state index contributed by atoms with van der Waals surface area (Å²) in [6, 6.07) is 0. The van der Waals surface area contributed by atoms with Gasteiger partial charge in [-0.05, 0) is 56.8 Å². The van der Waals surface area contributed by atoms with Crippen LogP contribution in [0.25, 0.3) is 0 Å². The summed E-state index contributed by atoms with van der Waals surface area (Å²) in [7, 11) is 0. The average molecular weight is 233 g/mol. The Balaban J connectivity index is 1.83. The predicted molar refractivity (Wildman–Crippen MR) is 68.5 cm³/mol. The normalized spacial score (nSPS) is 45.8. The van der Waals surface area contributed by atoms with Crippen LogP contribution in [-0.4, -0.2) is 11.4 Å². The first-order valence-electron chi connectivity index (χ1n) is 7.09. The fraction of sp³-hybridized carbons (Fsp3) is 0.800. The Morgan fingerprint density at radius 3 is 2.71 bits per heavy atom. The first kappa shape index (κ1) is 11.3. The van der Waals surface area contributed by atoms with Gasteiger partial charge in [-0.3, -0.25) is 4.79 Å². The fourth-order valence-electron chi connectivity index (χ4n) is 4.26. The minimum Gasteiger partial charge on any atom is -0.350 e. The standard InChI is InChI=1S/C15H23NO/c1-10-5-7-15(8-6-10)13-4-3-11(2)9-12(13)14(17)16-15/h10,12-13H,2-9H2,1H3,(H,16,17). The van der Waals surface area contributed by atoms with Gasteiger partial charge in [0.2, 0.25) is 5.91 Å². The highest BCUT2D eigenvalue weighted by Crippen LogP contribution is 2.50. The van der Waals surface area contributed by atoms with E-state index in [9.17, 15) is 4.79 Å². The summed E-state index contributed by atoms with van der Waals surface area (Å²) in [6.45, 7) is 6.41. The number of allylic oxidation sites excluding steroid dienone is 1. The lowest BCUT2D eigenvalue weighted by atomic mass is 9.64. The number of rotatable bonds is 0. The van der Waals surface area contributed by atoms with Gasteiger partial charge in [0.15, 0.2) is 0 Å². The van der Waals surface area contributed by atoms with Crippen LogP contribution in [0.4, 0.5) is 0 Å². The van der Waals surface area contributed by atoms with E-state index < -0.39 is 0 Å². The van der Waals surface area contributed by atoms with Crippen LogP contribution in [0.5, 0.6) is 0 Å². The van der Waals surface area contributed by atoms with Gasteiger partial charge < -0.3 is 5.32 Å². The summed E-state index contributed by atoms with van der Waals surface area (Å²) in [6.07, 6.45) is 8.22. The zero-order valence-electron chi connectivity index (χ0n) is 10.8. The van der Waals surface area contributed by atoms with Crippen LogP contribution in [0.15, 0.2) is 12.2 Å². The van der Waals surface area contributed by atoms with E-state index in [1.807, 2.05) is 0 Å². The molecule has 0 bridgehead atoms.